The molecular weight excluding hydrogens is 278 g/mol. The van der Waals surface area contributed by atoms with E-state index in [-0.39, 0.29) is 11.3 Å². The van der Waals surface area contributed by atoms with E-state index in [1.165, 1.54) is 0 Å². The van der Waals surface area contributed by atoms with Gasteiger partial charge in [0.1, 0.15) is 0 Å². The summed E-state index contributed by atoms with van der Waals surface area (Å²) in [6, 6.07) is 7.80. The van der Waals surface area contributed by atoms with E-state index in [1.54, 1.807) is 24.2 Å². The van der Waals surface area contributed by atoms with Crippen molar-refractivity contribution in [3.8, 4) is 0 Å². The first-order valence-electron chi connectivity index (χ1n) is 6.14. The molecule has 0 aliphatic rings. The first kappa shape index (κ1) is 14.3. The molecule has 0 spiro atoms. The summed E-state index contributed by atoms with van der Waals surface area (Å²) in [6.45, 7) is 2.09. The van der Waals surface area contributed by atoms with Crippen LogP contribution in [0.25, 0.3) is 0 Å². The summed E-state index contributed by atoms with van der Waals surface area (Å²) < 4.78 is 0. The van der Waals surface area contributed by atoms with Crippen LogP contribution in [0.5, 0.6) is 0 Å². The summed E-state index contributed by atoms with van der Waals surface area (Å²) in [5.74, 6) is 0. The second-order valence-corrected chi connectivity index (χ2v) is 5.81. The van der Waals surface area contributed by atoms with Gasteiger partial charge in [-0.15, -0.1) is 0 Å². The SMILES string of the molecule is CCC(N)C(Sc1ccc(Cl)cn1)c1cccnc1. The third-order valence-electron chi connectivity index (χ3n) is 2.82. The molecule has 0 amide bonds. The Morgan fingerprint density at radius 2 is 2.16 bits per heavy atom. The van der Waals surface area contributed by atoms with E-state index in [4.69, 9.17) is 17.3 Å². The van der Waals surface area contributed by atoms with Crippen molar-refractivity contribution >= 4 is 23.4 Å². The molecule has 0 aliphatic carbocycles. The van der Waals surface area contributed by atoms with Crippen LogP contribution in [0.15, 0.2) is 47.9 Å². The van der Waals surface area contributed by atoms with Gasteiger partial charge in [0, 0.05) is 24.6 Å². The van der Waals surface area contributed by atoms with Crippen molar-refractivity contribution in [1.29, 1.82) is 0 Å². The average Bonchev–Trinajstić information content (AvgIpc) is 2.47. The summed E-state index contributed by atoms with van der Waals surface area (Å²) >= 11 is 7.50. The quantitative estimate of drug-likeness (QED) is 0.854. The summed E-state index contributed by atoms with van der Waals surface area (Å²) in [5.41, 5.74) is 7.35. The van der Waals surface area contributed by atoms with E-state index in [1.807, 2.05) is 24.4 Å². The molecule has 5 heteroatoms. The van der Waals surface area contributed by atoms with Gasteiger partial charge in [0.25, 0.3) is 0 Å². The molecule has 0 saturated heterocycles. The number of rotatable bonds is 5. The number of halogens is 1. The molecule has 0 fully saturated rings. The van der Waals surface area contributed by atoms with Crippen LogP contribution in [0, 0.1) is 0 Å². The maximum Gasteiger partial charge on any atom is 0.0967 e. The molecule has 2 heterocycles. The fraction of sp³-hybridized carbons (Fsp3) is 0.286. The second-order valence-electron chi connectivity index (χ2n) is 4.21. The normalized spacial score (nSPS) is 14.1. The van der Waals surface area contributed by atoms with E-state index in [0.717, 1.165) is 17.0 Å². The lowest BCUT2D eigenvalue weighted by Gasteiger charge is -2.22. The number of nitrogens with two attached hydrogens (primary N) is 1. The standard InChI is InChI=1S/C14H16ClN3S/c1-2-12(16)14(10-4-3-7-17-8-10)19-13-6-5-11(15)9-18-13/h3-9,12,14H,2,16H2,1H3. The molecule has 0 bridgehead atoms. The van der Waals surface area contributed by atoms with Gasteiger partial charge >= 0.3 is 0 Å². The van der Waals surface area contributed by atoms with Crippen molar-refractivity contribution in [2.45, 2.75) is 29.7 Å². The Kier molecular flexibility index (Phi) is 5.19. The lowest BCUT2D eigenvalue weighted by Crippen LogP contribution is -2.25. The second kappa shape index (κ2) is 6.89. The highest BCUT2D eigenvalue weighted by molar-refractivity contribution is 7.99. The predicted molar refractivity (Wildman–Crippen MR) is 80.3 cm³/mol. The molecule has 2 unspecified atom stereocenters. The molecule has 2 N–H and O–H groups in total. The minimum Gasteiger partial charge on any atom is -0.326 e. The Balaban J connectivity index is 2.21. The monoisotopic (exact) mass is 293 g/mol. The predicted octanol–water partition coefficient (Wildman–Crippen LogP) is 3.70. The van der Waals surface area contributed by atoms with Gasteiger partial charge in [-0.3, -0.25) is 4.98 Å². The van der Waals surface area contributed by atoms with Crippen LogP contribution < -0.4 is 5.73 Å². The Morgan fingerprint density at radius 3 is 2.74 bits per heavy atom. The number of thioether (sulfide) groups is 1. The van der Waals surface area contributed by atoms with Gasteiger partial charge in [-0.1, -0.05) is 36.4 Å². The largest absolute Gasteiger partial charge is 0.326 e. The van der Waals surface area contributed by atoms with Crippen LogP contribution in [0.1, 0.15) is 24.2 Å². The molecule has 3 nitrogen and oxygen atoms in total. The third kappa shape index (κ3) is 3.93. The van der Waals surface area contributed by atoms with Crippen molar-refractivity contribution in [2.24, 2.45) is 5.73 Å². The number of hydrogen-bond donors (Lipinski definition) is 1. The molecular formula is C14H16ClN3S. The maximum atomic E-state index is 6.22. The Hall–Kier alpha value is -1.10. The van der Waals surface area contributed by atoms with Crippen LogP contribution in [0.3, 0.4) is 0 Å². The molecule has 0 aliphatic heterocycles. The molecule has 100 valence electrons. The van der Waals surface area contributed by atoms with Gasteiger partial charge in [-0.25, -0.2) is 4.98 Å². The maximum absolute atomic E-state index is 6.22. The van der Waals surface area contributed by atoms with Crippen LogP contribution >= 0.6 is 23.4 Å². The average molecular weight is 294 g/mol. The summed E-state index contributed by atoms with van der Waals surface area (Å²) in [7, 11) is 0. The fourth-order valence-corrected chi connectivity index (χ4v) is 3.00. The van der Waals surface area contributed by atoms with Gasteiger partial charge in [0.05, 0.1) is 15.3 Å². The van der Waals surface area contributed by atoms with Gasteiger partial charge in [0.2, 0.25) is 0 Å². The lowest BCUT2D eigenvalue weighted by molar-refractivity contribution is 0.632. The molecule has 0 saturated carbocycles. The Morgan fingerprint density at radius 1 is 1.32 bits per heavy atom. The topological polar surface area (TPSA) is 51.8 Å². The van der Waals surface area contributed by atoms with Crippen LogP contribution in [0.2, 0.25) is 5.02 Å². The first-order valence-corrected chi connectivity index (χ1v) is 7.40. The smallest absolute Gasteiger partial charge is 0.0967 e. The highest BCUT2D eigenvalue weighted by Crippen LogP contribution is 2.36. The lowest BCUT2D eigenvalue weighted by atomic mass is 10.1. The van der Waals surface area contributed by atoms with E-state index < -0.39 is 0 Å². The zero-order valence-electron chi connectivity index (χ0n) is 10.7. The first-order chi connectivity index (χ1) is 9.20. The molecule has 2 atom stereocenters. The van der Waals surface area contributed by atoms with Crippen molar-refractivity contribution in [2.75, 3.05) is 0 Å². The van der Waals surface area contributed by atoms with E-state index in [9.17, 15) is 0 Å². The summed E-state index contributed by atoms with van der Waals surface area (Å²) in [4.78, 5) is 8.48. The molecule has 0 radical (unpaired) electrons. The molecule has 0 aromatic carbocycles. The zero-order valence-corrected chi connectivity index (χ0v) is 12.2. The fourth-order valence-electron chi connectivity index (χ4n) is 1.72. The van der Waals surface area contributed by atoms with E-state index in [0.29, 0.717) is 5.02 Å². The van der Waals surface area contributed by atoms with Crippen LogP contribution in [-0.2, 0) is 0 Å². The van der Waals surface area contributed by atoms with Gasteiger partial charge in [-0.2, -0.15) is 0 Å². The van der Waals surface area contributed by atoms with Gasteiger partial charge < -0.3 is 5.73 Å². The minimum atomic E-state index is 0.0617. The molecule has 2 rings (SSSR count). The van der Waals surface area contributed by atoms with Gasteiger partial charge in [-0.05, 0) is 30.2 Å². The highest BCUT2D eigenvalue weighted by atomic mass is 35.5. The van der Waals surface area contributed by atoms with E-state index in [2.05, 4.69) is 23.0 Å². The number of aromatic nitrogens is 2. The van der Waals surface area contributed by atoms with Crippen molar-refractivity contribution in [1.82, 2.24) is 9.97 Å². The Labute approximate surface area is 122 Å². The third-order valence-corrected chi connectivity index (χ3v) is 4.40. The summed E-state index contributed by atoms with van der Waals surface area (Å²) in [6.07, 6.45) is 6.19. The van der Waals surface area contributed by atoms with Gasteiger partial charge in [0.15, 0.2) is 0 Å². The van der Waals surface area contributed by atoms with Crippen LogP contribution in [-0.4, -0.2) is 16.0 Å². The number of nitrogens with zero attached hydrogens (tertiary/aromatic N) is 2. The minimum absolute atomic E-state index is 0.0617. The van der Waals surface area contributed by atoms with E-state index >= 15 is 0 Å². The Bertz CT molecular complexity index is 504. The number of pyridine rings is 2. The molecule has 2 aromatic rings. The molecule has 2 aromatic heterocycles. The van der Waals surface area contributed by atoms with Crippen molar-refractivity contribution < 1.29 is 0 Å². The summed E-state index contributed by atoms with van der Waals surface area (Å²) in [5, 5.41) is 1.71. The molecule has 19 heavy (non-hydrogen) atoms. The highest BCUT2D eigenvalue weighted by Gasteiger charge is 2.20. The number of hydrogen-bond acceptors (Lipinski definition) is 4. The van der Waals surface area contributed by atoms with Crippen LogP contribution in [0.4, 0.5) is 0 Å². The van der Waals surface area contributed by atoms with Crippen molar-refractivity contribution in [3.63, 3.8) is 0 Å². The zero-order chi connectivity index (χ0) is 13.7. The van der Waals surface area contributed by atoms with Crippen molar-refractivity contribution in [3.05, 3.63) is 53.4 Å².